The van der Waals surface area contributed by atoms with Crippen LogP contribution >= 0.6 is 35.0 Å². The maximum atomic E-state index is 14.1. The molecule has 1 fully saturated rings. The number of halogens is 2. The fourth-order valence-corrected chi connectivity index (χ4v) is 6.12. The van der Waals surface area contributed by atoms with Gasteiger partial charge in [-0.1, -0.05) is 95.5 Å². The molecular formula is C36H28Cl2N2O2S. The van der Waals surface area contributed by atoms with Crippen molar-refractivity contribution in [3.63, 3.8) is 0 Å². The molecule has 1 amide bonds. The highest BCUT2D eigenvalue weighted by atomic mass is 35.5. The van der Waals surface area contributed by atoms with Crippen molar-refractivity contribution < 1.29 is 9.53 Å². The van der Waals surface area contributed by atoms with Crippen molar-refractivity contribution in [3.05, 3.63) is 140 Å². The summed E-state index contributed by atoms with van der Waals surface area (Å²) in [5.41, 5.74) is 6.28. The lowest BCUT2D eigenvalue weighted by molar-refractivity contribution is -0.113. The molecule has 1 aliphatic heterocycles. The molecule has 43 heavy (non-hydrogen) atoms. The van der Waals surface area contributed by atoms with Gasteiger partial charge in [0, 0.05) is 15.6 Å². The SMILES string of the molecule is Cc1ccc(COc2ccc3ccccc3c2/C=C2/SC(=Nc3ccc(C)c(Cl)c3)N(c3ccc(C)c(Cl)c3)C2=O)cc1. The van der Waals surface area contributed by atoms with Gasteiger partial charge in [-0.3, -0.25) is 9.69 Å². The number of hydrogen-bond donors (Lipinski definition) is 0. The zero-order valence-corrected chi connectivity index (χ0v) is 26.2. The highest BCUT2D eigenvalue weighted by Crippen LogP contribution is 2.41. The Balaban J connectivity index is 1.45. The largest absolute Gasteiger partial charge is 0.488 e. The molecule has 5 aromatic rings. The molecule has 1 aliphatic rings. The van der Waals surface area contributed by atoms with Crippen molar-refractivity contribution in [2.24, 2.45) is 4.99 Å². The maximum Gasteiger partial charge on any atom is 0.271 e. The van der Waals surface area contributed by atoms with E-state index in [1.807, 2.05) is 74.5 Å². The third-order valence-corrected chi connectivity index (χ3v) is 9.10. The number of aryl methyl sites for hydroxylation is 3. The maximum absolute atomic E-state index is 14.1. The van der Waals surface area contributed by atoms with Crippen LogP contribution in [0.4, 0.5) is 11.4 Å². The van der Waals surface area contributed by atoms with Crippen molar-refractivity contribution in [1.29, 1.82) is 0 Å². The molecule has 0 aliphatic carbocycles. The third kappa shape index (κ3) is 6.21. The number of rotatable bonds is 6. The van der Waals surface area contributed by atoms with Gasteiger partial charge in [-0.25, -0.2) is 4.99 Å². The van der Waals surface area contributed by atoms with Gasteiger partial charge in [0.15, 0.2) is 5.17 Å². The van der Waals surface area contributed by atoms with Crippen LogP contribution in [0.25, 0.3) is 16.8 Å². The molecule has 0 bridgehead atoms. The minimum Gasteiger partial charge on any atom is -0.488 e. The van der Waals surface area contributed by atoms with E-state index < -0.39 is 0 Å². The summed E-state index contributed by atoms with van der Waals surface area (Å²) in [6, 6.07) is 31.6. The number of nitrogens with zero attached hydrogens (tertiary/aromatic N) is 2. The topological polar surface area (TPSA) is 41.9 Å². The van der Waals surface area contributed by atoms with Gasteiger partial charge in [-0.15, -0.1) is 0 Å². The lowest BCUT2D eigenvalue weighted by Crippen LogP contribution is -2.28. The molecule has 4 nitrogen and oxygen atoms in total. The predicted octanol–water partition coefficient (Wildman–Crippen LogP) is 10.5. The molecule has 6 rings (SSSR count). The number of hydrogen-bond acceptors (Lipinski definition) is 4. The van der Waals surface area contributed by atoms with E-state index in [1.165, 1.54) is 17.3 Å². The van der Waals surface area contributed by atoms with Gasteiger partial charge in [0.1, 0.15) is 12.4 Å². The number of amidine groups is 1. The summed E-state index contributed by atoms with van der Waals surface area (Å²) in [5.74, 6) is 0.500. The van der Waals surface area contributed by atoms with Crippen LogP contribution in [-0.2, 0) is 11.4 Å². The number of fused-ring (bicyclic) bond motifs is 1. The van der Waals surface area contributed by atoms with E-state index in [4.69, 9.17) is 32.9 Å². The van der Waals surface area contributed by atoms with Crippen LogP contribution in [0.1, 0.15) is 27.8 Å². The molecule has 1 heterocycles. The van der Waals surface area contributed by atoms with Crippen molar-refractivity contribution in [3.8, 4) is 5.75 Å². The van der Waals surface area contributed by atoms with E-state index in [0.29, 0.717) is 43.8 Å². The molecule has 214 valence electrons. The minimum atomic E-state index is -0.195. The molecule has 0 radical (unpaired) electrons. The Morgan fingerprint density at radius 2 is 1.56 bits per heavy atom. The second kappa shape index (κ2) is 12.3. The number of aliphatic imine (C=N–C) groups is 1. The quantitative estimate of drug-likeness (QED) is 0.177. The number of anilines is 1. The minimum absolute atomic E-state index is 0.195. The Morgan fingerprint density at radius 3 is 2.30 bits per heavy atom. The van der Waals surface area contributed by atoms with Crippen LogP contribution in [-0.4, -0.2) is 11.1 Å². The van der Waals surface area contributed by atoms with Gasteiger partial charge >= 0.3 is 0 Å². The Morgan fingerprint density at radius 1 is 0.837 bits per heavy atom. The molecule has 0 aromatic heterocycles. The lowest BCUT2D eigenvalue weighted by atomic mass is 10.0. The van der Waals surface area contributed by atoms with Gasteiger partial charge < -0.3 is 4.74 Å². The molecule has 7 heteroatoms. The van der Waals surface area contributed by atoms with E-state index in [-0.39, 0.29) is 5.91 Å². The highest BCUT2D eigenvalue weighted by Gasteiger charge is 2.35. The second-order valence-electron chi connectivity index (χ2n) is 10.5. The average Bonchev–Trinajstić information content (AvgIpc) is 3.30. The molecule has 1 saturated heterocycles. The number of benzene rings is 5. The van der Waals surface area contributed by atoms with Gasteiger partial charge in [-0.2, -0.15) is 0 Å². The predicted molar refractivity (Wildman–Crippen MR) is 182 cm³/mol. The molecule has 0 N–H and O–H groups in total. The molecule has 5 aromatic carbocycles. The molecule has 0 saturated carbocycles. The van der Waals surface area contributed by atoms with Crippen LogP contribution in [0.2, 0.25) is 10.0 Å². The zero-order chi connectivity index (χ0) is 30.1. The zero-order valence-electron chi connectivity index (χ0n) is 23.9. The van der Waals surface area contributed by atoms with Crippen molar-refractivity contribution in [1.82, 2.24) is 0 Å². The first-order valence-corrected chi connectivity index (χ1v) is 15.4. The van der Waals surface area contributed by atoms with Gasteiger partial charge in [0.2, 0.25) is 0 Å². The second-order valence-corrected chi connectivity index (χ2v) is 12.3. The van der Waals surface area contributed by atoms with E-state index in [1.54, 1.807) is 17.0 Å². The Bertz CT molecular complexity index is 1930. The summed E-state index contributed by atoms with van der Waals surface area (Å²) in [4.78, 5) is 21.1. The van der Waals surface area contributed by atoms with E-state index in [2.05, 4.69) is 37.3 Å². The summed E-state index contributed by atoms with van der Waals surface area (Å²) in [7, 11) is 0. The number of carbonyl (C=O) groups excluding carboxylic acids is 1. The summed E-state index contributed by atoms with van der Waals surface area (Å²) in [5, 5.41) is 3.75. The van der Waals surface area contributed by atoms with Gasteiger partial charge in [0.25, 0.3) is 5.91 Å². The van der Waals surface area contributed by atoms with Crippen molar-refractivity contribution >= 4 is 74.3 Å². The van der Waals surface area contributed by atoms with E-state index >= 15 is 0 Å². The van der Waals surface area contributed by atoms with Gasteiger partial charge in [0.05, 0.1) is 16.3 Å². The van der Waals surface area contributed by atoms with E-state index in [0.717, 1.165) is 33.0 Å². The molecular weight excluding hydrogens is 595 g/mol. The normalized spacial score (nSPS) is 15.2. The summed E-state index contributed by atoms with van der Waals surface area (Å²) in [6.07, 6.45) is 1.91. The highest BCUT2D eigenvalue weighted by molar-refractivity contribution is 8.19. The summed E-state index contributed by atoms with van der Waals surface area (Å²) < 4.78 is 6.36. The number of ether oxygens (including phenoxy) is 1. The fourth-order valence-electron chi connectivity index (χ4n) is 4.79. The van der Waals surface area contributed by atoms with E-state index in [9.17, 15) is 4.79 Å². The fraction of sp³-hybridized carbons (Fsp3) is 0.111. The molecule has 0 spiro atoms. The average molecular weight is 624 g/mol. The lowest BCUT2D eigenvalue weighted by Gasteiger charge is -2.17. The summed E-state index contributed by atoms with van der Waals surface area (Å²) >= 11 is 14.2. The summed E-state index contributed by atoms with van der Waals surface area (Å²) in [6.45, 7) is 6.34. The number of thioether (sulfide) groups is 1. The Hall–Kier alpha value is -4.03. The van der Waals surface area contributed by atoms with Crippen LogP contribution in [0, 0.1) is 20.8 Å². The third-order valence-electron chi connectivity index (χ3n) is 7.32. The molecule has 0 unspecified atom stereocenters. The first kappa shape index (κ1) is 29.1. The van der Waals surface area contributed by atoms with Gasteiger partial charge in [-0.05, 0) is 96.4 Å². The monoisotopic (exact) mass is 622 g/mol. The Labute approximate surface area is 265 Å². The van der Waals surface area contributed by atoms with Crippen LogP contribution in [0.15, 0.2) is 107 Å². The first-order chi connectivity index (χ1) is 20.8. The van der Waals surface area contributed by atoms with Crippen molar-refractivity contribution in [2.75, 3.05) is 4.90 Å². The number of amides is 1. The Kier molecular flexibility index (Phi) is 8.31. The van der Waals surface area contributed by atoms with Crippen LogP contribution < -0.4 is 9.64 Å². The molecule has 0 atom stereocenters. The first-order valence-electron chi connectivity index (χ1n) is 13.8. The number of carbonyl (C=O) groups is 1. The standard InChI is InChI=1S/C36H28Cl2N2O2S/c1-22-8-12-25(13-9-22)21-42-33-17-14-26-6-4-5-7-29(26)30(33)20-34-35(41)40(28-16-11-24(3)32(38)19-28)36(43-34)39-27-15-10-23(2)31(37)18-27/h4-20H,21H2,1-3H3/b34-20+,39-36?. The smallest absolute Gasteiger partial charge is 0.271 e. The van der Waals surface area contributed by atoms with Crippen molar-refractivity contribution in [2.45, 2.75) is 27.4 Å². The van der Waals surface area contributed by atoms with Crippen LogP contribution in [0.5, 0.6) is 5.75 Å². The van der Waals surface area contributed by atoms with Crippen LogP contribution in [0.3, 0.4) is 0 Å².